The second-order valence-corrected chi connectivity index (χ2v) is 7.64. The van der Waals surface area contributed by atoms with Crippen molar-refractivity contribution in [2.75, 3.05) is 10.5 Å². The van der Waals surface area contributed by atoms with Gasteiger partial charge in [-0.15, -0.1) is 0 Å². The van der Waals surface area contributed by atoms with E-state index in [0.29, 0.717) is 0 Å². The van der Waals surface area contributed by atoms with Crippen LogP contribution in [0.3, 0.4) is 0 Å². The van der Waals surface area contributed by atoms with Gasteiger partial charge >= 0.3 is 0 Å². The van der Waals surface area contributed by atoms with E-state index in [9.17, 15) is 21.9 Å². The molecule has 0 heterocycles. The number of benzene rings is 2. The van der Waals surface area contributed by atoms with Crippen molar-refractivity contribution in [1.29, 1.82) is 0 Å². The molecule has 22 heavy (non-hydrogen) atoms. The molecule has 2 aromatic carbocycles. The number of nitrogen functional groups attached to an aromatic ring is 1. The molecular formula is C12H13N3O5S2. The van der Waals surface area contributed by atoms with Gasteiger partial charge in [0.15, 0.2) is 0 Å². The van der Waals surface area contributed by atoms with Crippen molar-refractivity contribution in [3.05, 3.63) is 42.5 Å². The first-order valence-electron chi connectivity index (χ1n) is 5.84. The van der Waals surface area contributed by atoms with Crippen molar-refractivity contribution >= 4 is 31.4 Å². The number of hydrogen-bond donors (Lipinski definition) is 4. The Morgan fingerprint density at radius 3 is 2.23 bits per heavy atom. The molecule has 0 aliphatic rings. The van der Waals surface area contributed by atoms with Gasteiger partial charge in [-0.1, -0.05) is 6.07 Å². The molecule has 0 aromatic heterocycles. The van der Waals surface area contributed by atoms with Crippen LogP contribution in [0.1, 0.15) is 0 Å². The monoisotopic (exact) mass is 343 g/mol. The van der Waals surface area contributed by atoms with Crippen molar-refractivity contribution in [2.24, 2.45) is 5.14 Å². The summed E-state index contributed by atoms with van der Waals surface area (Å²) in [4.78, 5) is -0.401. The molecule has 0 radical (unpaired) electrons. The Balaban J connectivity index is 2.39. The van der Waals surface area contributed by atoms with Gasteiger partial charge in [-0.05, 0) is 36.4 Å². The molecule has 0 fully saturated rings. The van der Waals surface area contributed by atoms with Gasteiger partial charge in [0.2, 0.25) is 10.0 Å². The van der Waals surface area contributed by atoms with Crippen LogP contribution in [0.5, 0.6) is 5.75 Å². The third-order valence-electron chi connectivity index (χ3n) is 2.72. The maximum absolute atomic E-state index is 12.2. The molecule has 118 valence electrons. The van der Waals surface area contributed by atoms with Crippen LogP contribution in [-0.2, 0) is 20.0 Å². The minimum absolute atomic E-state index is 0.0261. The van der Waals surface area contributed by atoms with Crippen molar-refractivity contribution in [3.63, 3.8) is 0 Å². The Bertz CT molecular complexity index is 924. The Kier molecular flexibility index (Phi) is 4.00. The van der Waals surface area contributed by atoms with E-state index in [0.717, 1.165) is 24.3 Å². The number of nitrogens with two attached hydrogens (primary N) is 2. The number of aromatic hydroxyl groups is 1. The molecule has 2 aromatic rings. The number of anilines is 2. The first-order chi connectivity index (χ1) is 10.1. The molecule has 10 heteroatoms. The molecular weight excluding hydrogens is 330 g/mol. The van der Waals surface area contributed by atoms with E-state index in [2.05, 4.69) is 4.72 Å². The molecule has 0 spiro atoms. The fourth-order valence-electron chi connectivity index (χ4n) is 1.65. The van der Waals surface area contributed by atoms with Gasteiger partial charge in [0, 0.05) is 0 Å². The van der Waals surface area contributed by atoms with Crippen LogP contribution in [0.4, 0.5) is 11.4 Å². The molecule has 0 saturated heterocycles. The average molecular weight is 343 g/mol. The molecule has 0 aliphatic carbocycles. The van der Waals surface area contributed by atoms with Gasteiger partial charge in [0.05, 0.1) is 21.2 Å². The Morgan fingerprint density at radius 2 is 1.64 bits per heavy atom. The lowest BCUT2D eigenvalue weighted by Gasteiger charge is -2.10. The minimum atomic E-state index is -3.99. The van der Waals surface area contributed by atoms with Gasteiger partial charge < -0.3 is 10.8 Å². The van der Waals surface area contributed by atoms with Crippen LogP contribution in [0.25, 0.3) is 0 Å². The largest absolute Gasteiger partial charge is 0.506 e. The number of phenols is 1. The fourth-order valence-corrected chi connectivity index (χ4v) is 3.29. The van der Waals surface area contributed by atoms with Crippen LogP contribution in [-0.4, -0.2) is 21.9 Å². The lowest BCUT2D eigenvalue weighted by Crippen LogP contribution is -2.15. The summed E-state index contributed by atoms with van der Waals surface area (Å²) in [5, 5.41) is 14.3. The first kappa shape index (κ1) is 16.1. The maximum Gasteiger partial charge on any atom is 0.261 e. The zero-order valence-corrected chi connectivity index (χ0v) is 12.7. The summed E-state index contributed by atoms with van der Waals surface area (Å²) >= 11 is 0. The minimum Gasteiger partial charge on any atom is -0.506 e. The normalized spacial score (nSPS) is 12.0. The SMILES string of the molecule is Nc1cc(S(=O)(=O)Nc2cccc(S(N)(=O)=O)c2)ccc1O. The van der Waals surface area contributed by atoms with Crippen LogP contribution < -0.4 is 15.6 Å². The zero-order valence-electron chi connectivity index (χ0n) is 11.1. The summed E-state index contributed by atoms with van der Waals surface area (Å²) in [7, 11) is -7.94. The van der Waals surface area contributed by atoms with Crippen LogP contribution in [0.2, 0.25) is 0 Å². The van der Waals surface area contributed by atoms with Crippen LogP contribution >= 0.6 is 0 Å². The molecule has 0 unspecified atom stereocenters. The summed E-state index contributed by atoms with van der Waals surface area (Å²) in [6.45, 7) is 0. The van der Waals surface area contributed by atoms with E-state index in [1.807, 2.05) is 0 Å². The number of primary sulfonamides is 1. The Morgan fingerprint density at radius 1 is 0.955 bits per heavy atom. The Hall–Kier alpha value is -2.30. The second kappa shape index (κ2) is 5.48. The number of phenolic OH excluding ortho intramolecular Hbond substituents is 1. The molecule has 0 saturated carbocycles. The Labute approximate surface area is 127 Å². The first-order valence-corrected chi connectivity index (χ1v) is 8.87. The van der Waals surface area contributed by atoms with Gasteiger partial charge in [-0.3, -0.25) is 4.72 Å². The molecule has 8 nitrogen and oxygen atoms in total. The molecule has 0 amide bonds. The zero-order chi connectivity index (χ0) is 16.5. The average Bonchev–Trinajstić information content (AvgIpc) is 2.40. The lowest BCUT2D eigenvalue weighted by molar-refractivity contribution is 0.477. The van der Waals surface area contributed by atoms with E-state index in [1.54, 1.807) is 0 Å². The second-order valence-electron chi connectivity index (χ2n) is 4.40. The van der Waals surface area contributed by atoms with Crippen LogP contribution in [0.15, 0.2) is 52.3 Å². The summed E-state index contributed by atoms with van der Waals surface area (Å²) in [6.07, 6.45) is 0. The van der Waals surface area contributed by atoms with Crippen molar-refractivity contribution in [3.8, 4) is 5.75 Å². The standard InChI is InChI=1S/C12H13N3O5S2/c13-11-7-10(4-5-12(11)16)22(19,20)15-8-2-1-3-9(6-8)21(14,17)18/h1-7,15-16H,13H2,(H2,14,17,18). The predicted octanol–water partition coefficient (Wildman–Crippen LogP) is 0.423. The molecule has 0 atom stereocenters. The number of rotatable bonds is 4. The fraction of sp³-hybridized carbons (Fsp3) is 0. The van der Waals surface area contributed by atoms with E-state index in [-0.39, 0.29) is 26.9 Å². The van der Waals surface area contributed by atoms with Crippen molar-refractivity contribution < 1.29 is 21.9 Å². The van der Waals surface area contributed by atoms with Crippen LogP contribution in [0, 0.1) is 0 Å². The summed E-state index contributed by atoms with van der Waals surface area (Å²) in [6, 6.07) is 8.45. The number of nitrogens with one attached hydrogen (secondary N) is 1. The van der Waals surface area contributed by atoms with Gasteiger partial charge in [0.25, 0.3) is 10.0 Å². The summed E-state index contributed by atoms with van der Waals surface area (Å²) in [5.74, 6) is -0.241. The number of sulfonamides is 2. The number of hydrogen-bond acceptors (Lipinski definition) is 6. The van der Waals surface area contributed by atoms with E-state index in [1.165, 1.54) is 18.2 Å². The van der Waals surface area contributed by atoms with Crippen molar-refractivity contribution in [1.82, 2.24) is 0 Å². The van der Waals surface area contributed by atoms with Gasteiger partial charge in [-0.2, -0.15) is 0 Å². The highest BCUT2D eigenvalue weighted by Gasteiger charge is 2.17. The van der Waals surface area contributed by atoms with E-state index >= 15 is 0 Å². The predicted molar refractivity (Wildman–Crippen MR) is 81.1 cm³/mol. The topological polar surface area (TPSA) is 153 Å². The molecule has 0 aliphatic heterocycles. The van der Waals surface area contributed by atoms with Gasteiger partial charge in [-0.25, -0.2) is 22.0 Å². The summed E-state index contributed by atoms with van der Waals surface area (Å²) < 4.78 is 49.1. The highest BCUT2D eigenvalue weighted by Crippen LogP contribution is 2.25. The van der Waals surface area contributed by atoms with E-state index in [4.69, 9.17) is 10.9 Å². The third kappa shape index (κ3) is 3.47. The van der Waals surface area contributed by atoms with Crippen molar-refractivity contribution in [2.45, 2.75) is 9.79 Å². The molecule has 0 bridgehead atoms. The summed E-state index contributed by atoms with van der Waals surface area (Å²) in [5.41, 5.74) is 5.38. The quantitative estimate of drug-likeness (QED) is 0.466. The third-order valence-corrected chi connectivity index (χ3v) is 5.01. The molecule has 6 N–H and O–H groups in total. The van der Waals surface area contributed by atoms with E-state index < -0.39 is 20.0 Å². The highest BCUT2D eigenvalue weighted by atomic mass is 32.2. The van der Waals surface area contributed by atoms with Gasteiger partial charge in [0.1, 0.15) is 5.75 Å². The highest BCUT2D eigenvalue weighted by molar-refractivity contribution is 7.92. The lowest BCUT2D eigenvalue weighted by atomic mass is 10.3. The molecule has 2 rings (SSSR count). The smallest absolute Gasteiger partial charge is 0.261 e. The maximum atomic E-state index is 12.2.